The van der Waals surface area contributed by atoms with Gasteiger partial charge in [-0.3, -0.25) is 4.79 Å². The van der Waals surface area contributed by atoms with Crippen molar-refractivity contribution in [3.05, 3.63) is 18.2 Å². The molecule has 1 aliphatic heterocycles. The zero-order valence-corrected chi connectivity index (χ0v) is 23.5. The average molecular weight is 504 g/mol. The molecule has 2 amide bonds. The Hall–Kier alpha value is -1.85. The Morgan fingerprint density at radius 1 is 0.889 bits per heavy atom. The minimum Gasteiger partial charge on any atom is -0.449 e. The van der Waals surface area contributed by atoms with Crippen molar-refractivity contribution in [3.63, 3.8) is 0 Å². The number of hydrogen-bond donors (Lipinski definition) is 0. The number of carbonyl (C=O) groups excluding carboxylic acids is 2. The lowest BCUT2D eigenvalue weighted by atomic mass is 9.89. The summed E-state index contributed by atoms with van der Waals surface area (Å²) in [6, 6.07) is 0. The van der Waals surface area contributed by atoms with Crippen molar-refractivity contribution in [1.82, 2.24) is 14.5 Å². The van der Waals surface area contributed by atoms with Gasteiger partial charge in [-0.2, -0.15) is 0 Å². The summed E-state index contributed by atoms with van der Waals surface area (Å²) in [5.74, 6) is -0.0781. The van der Waals surface area contributed by atoms with Crippen molar-refractivity contribution in [3.8, 4) is 0 Å². The summed E-state index contributed by atoms with van der Waals surface area (Å²) >= 11 is 0. The quantitative estimate of drug-likeness (QED) is 0.170. The van der Waals surface area contributed by atoms with Crippen LogP contribution in [0.4, 0.5) is 4.79 Å². The fraction of sp³-hybridized carbons (Fsp3) is 0.833. The van der Waals surface area contributed by atoms with Gasteiger partial charge in [-0.1, -0.05) is 110 Å². The van der Waals surface area contributed by atoms with E-state index >= 15 is 0 Å². The molecule has 1 aromatic rings. The molecular formula is C30H53N3O3. The molecule has 0 spiro atoms. The number of amides is 2. The van der Waals surface area contributed by atoms with Gasteiger partial charge in [0, 0.05) is 31.4 Å². The van der Waals surface area contributed by atoms with E-state index in [0.717, 1.165) is 31.4 Å². The number of imide groups is 1. The molecule has 206 valence electrons. The maximum absolute atomic E-state index is 12.8. The number of imidazole rings is 1. The Morgan fingerprint density at radius 2 is 1.42 bits per heavy atom. The van der Waals surface area contributed by atoms with Gasteiger partial charge in [0.2, 0.25) is 5.91 Å². The smallest absolute Gasteiger partial charge is 0.416 e. The number of aryl methyl sites for hydroxylation is 1. The highest BCUT2D eigenvalue weighted by atomic mass is 16.6. The fourth-order valence-corrected chi connectivity index (χ4v) is 5.47. The largest absolute Gasteiger partial charge is 0.449 e. The first kappa shape index (κ1) is 30.4. The molecule has 1 saturated heterocycles. The Morgan fingerprint density at radius 3 is 1.89 bits per heavy atom. The van der Waals surface area contributed by atoms with Crippen LogP contribution in [0.1, 0.15) is 129 Å². The van der Waals surface area contributed by atoms with E-state index in [2.05, 4.69) is 11.9 Å². The van der Waals surface area contributed by atoms with E-state index in [1.165, 1.54) is 94.8 Å². The second-order valence-corrected chi connectivity index (χ2v) is 10.8. The summed E-state index contributed by atoms with van der Waals surface area (Å²) in [5, 5.41) is 0. The Bertz CT molecular complexity index is 733. The first-order valence-electron chi connectivity index (χ1n) is 15.0. The predicted molar refractivity (Wildman–Crippen MR) is 147 cm³/mol. The first-order chi connectivity index (χ1) is 17.6. The van der Waals surface area contributed by atoms with Crippen LogP contribution in [0.15, 0.2) is 12.5 Å². The molecule has 0 saturated carbocycles. The van der Waals surface area contributed by atoms with Crippen molar-refractivity contribution < 1.29 is 14.3 Å². The molecule has 0 aliphatic carbocycles. The van der Waals surface area contributed by atoms with Gasteiger partial charge < -0.3 is 9.30 Å². The molecule has 0 aromatic carbocycles. The number of unbranched alkanes of at least 4 members (excludes halogenated alkanes) is 15. The van der Waals surface area contributed by atoms with Gasteiger partial charge in [-0.15, -0.1) is 0 Å². The lowest BCUT2D eigenvalue weighted by Crippen LogP contribution is -2.34. The number of nitrogens with zero attached hydrogens (tertiary/aromatic N) is 3. The van der Waals surface area contributed by atoms with Gasteiger partial charge >= 0.3 is 6.09 Å². The molecule has 6 nitrogen and oxygen atoms in total. The SMILES string of the molecule is CCCCCCCCCCCCCCCCCCOC(=O)N1C[C@H](Cc2cncn2C)[C@@H](CC)C1=O. The topological polar surface area (TPSA) is 64.4 Å². The van der Waals surface area contributed by atoms with E-state index in [4.69, 9.17) is 4.74 Å². The molecule has 0 N–H and O–H groups in total. The molecule has 6 heteroatoms. The lowest BCUT2D eigenvalue weighted by molar-refractivity contribution is -0.129. The van der Waals surface area contributed by atoms with Crippen LogP contribution in [0.5, 0.6) is 0 Å². The summed E-state index contributed by atoms with van der Waals surface area (Å²) in [5.41, 5.74) is 1.09. The van der Waals surface area contributed by atoms with E-state index in [-0.39, 0.29) is 17.7 Å². The van der Waals surface area contributed by atoms with Crippen molar-refractivity contribution >= 4 is 12.0 Å². The Balaban J connectivity index is 1.45. The summed E-state index contributed by atoms with van der Waals surface area (Å²) in [4.78, 5) is 30.8. The zero-order chi connectivity index (χ0) is 26.0. The van der Waals surface area contributed by atoms with Crippen LogP contribution in [-0.2, 0) is 23.0 Å². The summed E-state index contributed by atoms with van der Waals surface area (Å²) in [7, 11) is 1.96. The monoisotopic (exact) mass is 503 g/mol. The molecule has 1 aliphatic rings. The van der Waals surface area contributed by atoms with Crippen LogP contribution >= 0.6 is 0 Å². The minimum absolute atomic E-state index is 0.0818. The number of aromatic nitrogens is 2. The summed E-state index contributed by atoms with van der Waals surface area (Å²) < 4.78 is 7.45. The minimum atomic E-state index is -0.466. The Labute approximate surface area is 220 Å². The van der Waals surface area contributed by atoms with Crippen LogP contribution in [0.25, 0.3) is 0 Å². The van der Waals surface area contributed by atoms with E-state index in [1.54, 1.807) is 6.33 Å². The summed E-state index contributed by atoms with van der Waals surface area (Å²) in [6.45, 7) is 5.15. The maximum atomic E-state index is 12.8. The van der Waals surface area contributed by atoms with Gasteiger partial charge in [-0.05, 0) is 25.2 Å². The third-order valence-corrected chi connectivity index (χ3v) is 7.84. The van der Waals surface area contributed by atoms with Crippen LogP contribution in [-0.4, -0.2) is 39.6 Å². The number of carbonyl (C=O) groups is 2. The zero-order valence-electron chi connectivity index (χ0n) is 23.5. The van der Waals surface area contributed by atoms with Crippen molar-refractivity contribution in [2.24, 2.45) is 18.9 Å². The molecule has 0 bridgehead atoms. The molecule has 0 unspecified atom stereocenters. The lowest BCUT2D eigenvalue weighted by Gasteiger charge is -2.15. The number of ether oxygens (including phenoxy) is 1. The second kappa shape index (κ2) is 18.4. The van der Waals surface area contributed by atoms with E-state index in [1.807, 2.05) is 24.7 Å². The maximum Gasteiger partial charge on any atom is 0.416 e. The van der Waals surface area contributed by atoms with E-state index < -0.39 is 6.09 Å². The molecule has 36 heavy (non-hydrogen) atoms. The molecule has 1 fully saturated rings. The number of likely N-dealkylation sites (tertiary alicyclic amines) is 1. The van der Waals surface area contributed by atoms with Crippen LogP contribution in [0.3, 0.4) is 0 Å². The molecule has 2 atom stereocenters. The van der Waals surface area contributed by atoms with Crippen LogP contribution in [0, 0.1) is 11.8 Å². The van der Waals surface area contributed by atoms with Crippen molar-refractivity contribution in [1.29, 1.82) is 0 Å². The first-order valence-corrected chi connectivity index (χ1v) is 15.0. The highest BCUT2D eigenvalue weighted by Gasteiger charge is 2.43. The average Bonchev–Trinajstić information content (AvgIpc) is 3.42. The molecule has 2 heterocycles. The second-order valence-electron chi connectivity index (χ2n) is 10.8. The predicted octanol–water partition coefficient (Wildman–Crippen LogP) is 7.85. The highest BCUT2D eigenvalue weighted by molar-refractivity contribution is 5.95. The molecular weight excluding hydrogens is 450 g/mol. The number of rotatable bonds is 20. The van der Waals surface area contributed by atoms with Gasteiger partial charge in [0.25, 0.3) is 0 Å². The van der Waals surface area contributed by atoms with Gasteiger partial charge in [0.05, 0.1) is 12.9 Å². The van der Waals surface area contributed by atoms with Crippen molar-refractivity contribution in [2.75, 3.05) is 13.2 Å². The normalized spacial score (nSPS) is 17.8. The van der Waals surface area contributed by atoms with Crippen LogP contribution < -0.4 is 0 Å². The third-order valence-electron chi connectivity index (χ3n) is 7.84. The van der Waals surface area contributed by atoms with E-state index in [0.29, 0.717) is 13.2 Å². The van der Waals surface area contributed by atoms with Gasteiger partial charge in [-0.25, -0.2) is 14.7 Å². The van der Waals surface area contributed by atoms with Crippen LogP contribution in [0.2, 0.25) is 0 Å². The molecule has 1 aromatic heterocycles. The van der Waals surface area contributed by atoms with Gasteiger partial charge in [0.1, 0.15) is 0 Å². The molecule has 0 radical (unpaired) electrons. The standard InChI is InChI=1S/C30H53N3O3/c1-4-6-7-8-9-10-11-12-13-14-15-16-17-18-19-20-21-36-30(35)33-24-26(28(5-2)29(33)34)22-27-23-31-25-32(27)3/h23,25-26,28H,4-22,24H2,1-3H3/t26-,28+/m0/s1. The van der Waals surface area contributed by atoms with Gasteiger partial charge in [0.15, 0.2) is 0 Å². The Kier molecular flexibility index (Phi) is 15.5. The fourth-order valence-electron chi connectivity index (χ4n) is 5.47. The number of hydrogen-bond acceptors (Lipinski definition) is 4. The highest BCUT2D eigenvalue weighted by Crippen LogP contribution is 2.31. The summed E-state index contributed by atoms with van der Waals surface area (Å²) in [6.07, 6.45) is 25.7. The van der Waals surface area contributed by atoms with E-state index in [9.17, 15) is 9.59 Å². The molecule has 2 rings (SSSR count). The third kappa shape index (κ3) is 11.0. The van der Waals surface area contributed by atoms with Crippen molar-refractivity contribution in [2.45, 2.75) is 129 Å².